The van der Waals surface area contributed by atoms with Gasteiger partial charge in [0.2, 0.25) is 0 Å². The van der Waals surface area contributed by atoms with Crippen LogP contribution in [0.3, 0.4) is 0 Å². The minimum atomic E-state index is -4.39. The number of hydrogen-bond donors (Lipinski definition) is 2. The molecule has 10 heteroatoms. The van der Waals surface area contributed by atoms with Crippen molar-refractivity contribution < 1.29 is 37.6 Å². The number of nitrogens with two attached hydrogens (primary N) is 1. The Bertz CT molecular complexity index is 1280. The van der Waals surface area contributed by atoms with Crippen molar-refractivity contribution in [3.05, 3.63) is 24.3 Å². The highest BCUT2D eigenvalue weighted by Crippen LogP contribution is 2.43. The van der Waals surface area contributed by atoms with Crippen molar-refractivity contribution in [2.75, 3.05) is 26.4 Å². The van der Waals surface area contributed by atoms with Gasteiger partial charge in [0.1, 0.15) is 6.61 Å². The molecule has 75 heavy (non-hydrogen) atoms. The molecule has 0 saturated carbocycles. The van der Waals surface area contributed by atoms with Gasteiger partial charge < -0.3 is 20.1 Å². The second-order valence-corrected chi connectivity index (χ2v) is 23.8. The summed E-state index contributed by atoms with van der Waals surface area (Å²) < 4.78 is 33.1. The molecule has 0 bridgehead atoms. The maximum absolute atomic E-state index is 12.7. The van der Waals surface area contributed by atoms with E-state index in [1.54, 1.807) is 0 Å². The number of esters is 2. The predicted molar refractivity (Wildman–Crippen MR) is 321 cm³/mol. The molecule has 9 nitrogen and oxygen atoms in total. The fourth-order valence-electron chi connectivity index (χ4n) is 9.97. The molecule has 0 aromatic carbocycles. The molecular formula is C65H126NO8P. The highest BCUT2D eigenvalue weighted by Gasteiger charge is 2.26. The van der Waals surface area contributed by atoms with E-state index in [1.807, 2.05) is 0 Å². The van der Waals surface area contributed by atoms with E-state index in [0.29, 0.717) is 6.42 Å². The number of hydrogen-bond acceptors (Lipinski definition) is 8. The van der Waals surface area contributed by atoms with Crippen LogP contribution in [0.25, 0.3) is 0 Å². The smallest absolute Gasteiger partial charge is 0.462 e. The Balaban J connectivity index is 3.85. The lowest BCUT2D eigenvalue weighted by atomic mass is 10.0. The largest absolute Gasteiger partial charge is 0.472 e. The van der Waals surface area contributed by atoms with Crippen molar-refractivity contribution in [2.45, 2.75) is 354 Å². The van der Waals surface area contributed by atoms with Gasteiger partial charge in [0, 0.05) is 19.4 Å². The van der Waals surface area contributed by atoms with Gasteiger partial charge in [-0.25, -0.2) is 4.57 Å². The minimum Gasteiger partial charge on any atom is -0.462 e. The number of phosphoric ester groups is 1. The van der Waals surface area contributed by atoms with Crippen LogP contribution in [0.5, 0.6) is 0 Å². The molecule has 0 aromatic heterocycles. The highest BCUT2D eigenvalue weighted by atomic mass is 31.2. The van der Waals surface area contributed by atoms with Crippen LogP contribution in [0.4, 0.5) is 0 Å². The molecule has 444 valence electrons. The maximum Gasteiger partial charge on any atom is 0.472 e. The lowest BCUT2D eigenvalue weighted by Gasteiger charge is -2.19. The molecule has 0 fully saturated rings. The van der Waals surface area contributed by atoms with E-state index >= 15 is 0 Å². The molecule has 0 amide bonds. The van der Waals surface area contributed by atoms with Crippen LogP contribution in [0.2, 0.25) is 0 Å². The van der Waals surface area contributed by atoms with E-state index in [9.17, 15) is 19.0 Å². The summed E-state index contributed by atoms with van der Waals surface area (Å²) in [6, 6.07) is 0. The van der Waals surface area contributed by atoms with Gasteiger partial charge in [-0.2, -0.15) is 0 Å². The first-order valence-corrected chi connectivity index (χ1v) is 34.3. The molecule has 0 rings (SSSR count). The number of rotatable bonds is 63. The topological polar surface area (TPSA) is 134 Å². The summed E-state index contributed by atoms with van der Waals surface area (Å²) in [4.78, 5) is 35.3. The molecule has 2 unspecified atom stereocenters. The van der Waals surface area contributed by atoms with Gasteiger partial charge in [-0.3, -0.25) is 18.6 Å². The Labute approximate surface area is 465 Å². The zero-order valence-corrected chi connectivity index (χ0v) is 50.7. The van der Waals surface area contributed by atoms with E-state index in [2.05, 4.69) is 38.2 Å². The molecule has 0 aliphatic carbocycles. The number of carbonyl (C=O) groups is 2. The minimum absolute atomic E-state index is 0.0560. The Kier molecular flexibility index (Phi) is 60.5. The van der Waals surface area contributed by atoms with Gasteiger partial charge in [0.15, 0.2) is 6.10 Å². The number of allylic oxidation sites excluding steroid dienone is 4. The van der Waals surface area contributed by atoms with Gasteiger partial charge >= 0.3 is 19.8 Å². The monoisotopic (exact) mass is 1080 g/mol. The zero-order chi connectivity index (χ0) is 54.5. The number of ether oxygens (including phenoxy) is 2. The van der Waals surface area contributed by atoms with Crippen LogP contribution in [0.15, 0.2) is 24.3 Å². The number of unbranched alkanes of at least 4 members (excludes halogenated alkanes) is 46. The number of carbonyl (C=O) groups excluding carboxylic acids is 2. The van der Waals surface area contributed by atoms with Gasteiger partial charge in [-0.05, 0) is 44.9 Å². The van der Waals surface area contributed by atoms with Crippen molar-refractivity contribution >= 4 is 19.8 Å². The molecule has 0 heterocycles. The molecular weight excluding hydrogens is 954 g/mol. The molecule has 0 spiro atoms. The fraction of sp³-hybridized carbons (Fsp3) is 0.908. The summed E-state index contributed by atoms with van der Waals surface area (Å²) in [7, 11) is -4.39. The van der Waals surface area contributed by atoms with E-state index in [4.69, 9.17) is 24.3 Å². The molecule has 0 aliphatic rings. The Hall–Kier alpha value is -1.51. The third-order valence-corrected chi connectivity index (χ3v) is 15.8. The van der Waals surface area contributed by atoms with E-state index < -0.39 is 26.5 Å². The molecule has 2 atom stereocenters. The summed E-state index contributed by atoms with van der Waals surface area (Å²) in [6.45, 7) is 3.81. The van der Waals surface area contributed by atoms with Gasteiger partial charge in [-0.15, -0.1) is 0 Å². The van der Waals surface area contributed by atoms with Crippen LogP contribution in [0.1, 0.15) is 348 Å². The van der Waals surface area contributed by atoms with Crippen molar-refractivity contribution in [3.63, 3.8) is 0 Å². The van der Waals surface area contributed by atoms with Gasteiger partial charge in [-0.1, -0.05) is 314 Å². The summed E-state index contributed by atoms with van der Waals surface area (Å²) in [5.74, 6) is -0.807. The van der Waals surface area contributed by atoms with Gasteiger partial charge in [0.05, 0.1) is 13.2 Å². The normalized spacial score (nSPS) is 13.1. The summed E-state index contributed by atoms with van der Waals surface area (Å²) in [5, 5.41) is 0. The van der Waals surface area contributed by atoms with E-state index in [1.165, 1.54) is 270 Å². The van der Waals surface area contributed by atoms with E-state index in [-0.39, 0.29) is 38.6 Å². The second-order valence-electron chi connectivity index (χ2n) is 22.3. The third-order valence-electron chi connectivity index (χ3n) is 14.8. The lowest BCUT2D eigenvalue weighted by molar-refractivity contribution is -0.161. The van der Waals surface area contributed by atoms with Crippen LogP contribution in [-0.2, 0) is 32.7 Å². The average Bonchev–Trinajstić information content (AvgIpc) is 3.40. The van der Waals surface area contributed by atoms with Crippen molar-refractivity contribution in [2.24, 2.45) is 5.73 Å². The standard InChI is InChI=1S/C65H126NO8P/c1-3-5-7-9-11-13-15-17-19-21-23-25-27-29-30-31-32-34-35-37-39-41-43-45-47-49-51-53-55-57-64(67)71-61-63(62-73-75(69,70)72-60-59-66)74-65(68)58-56-54-52-50-48-46-44-42-40-38-36-33-28-26-24-22-20-18-16-14-12-10-8-6-4-2/h16,18,22,24,63H,3-15,17,19-21,23,25-62,66H2,1-2H3,(H,69,70)/b18-16-,24-22-. The Morgan fingerprint density at radius 1 is 0.400 bits per heavy atom. The first kappa shape index (κ1) is 73.5. The maximum atomic E-state index is 12.7. The predicted octanol–water partition coefficient (Wildman–Crippen LogP) is 21.0. The first-order chi connectivity index (χ1) is 36.8. The van der Waals surface area contributed by atoms with Crippen LogP contribution in [0, 0.1) is 0 Å². The van der Waals surface area contributed by atoms with Gasteiger partial charge in [0.25, 0.3) is 0 Å². The Morgan fingerprint density at radius 3 is 1.01 bits per heavy atom. The van der Waals surface area contributed by atoms with Crippen molar-refractivity contribution in [3.8, 4) is 0 Å². The second kappa shape index (κ2) is 61.7. The van der Waals surface area contributed by atoms with Crippen LogP contribution >= 0.6 is 7.82 Å². The third kappa shape index (κ3) is 61.6. The van der Waals surface area contributed by atoms with Crippen molar-refractivity contribution in [1.82, 2.24) is 0 Å². The zero-order valence-electron chi connectivity index (χ0n) is 49.8. The quantitative estimate of drug-likeness (QED) is 0.0264. The van der Waals surface area contributed by atoms with E-state index in [0.717, 1.165) is 44.9 Å². The SMILES string of the molecule is CCCCCCC/C=C\C/C=C\CCCCCCCCCCCCCCCC(=O)OC(COC(=O)CCCCCCCCCCCCCCCCCCCCCCCCCCCCCCC)COP(=O)(O)OCCN. The molecule has 0 saturated heterocycles. The highest BCUT2D eigenvalue weighted by molar-refractivity contribution is 7.47. The van der Waals surface area contributed by atoms with Crippen LogP contribution in [-0.4, -0.2) is 49.3 Å². The fourth-order valence-corrected chi connectivity index (χ4v) is 10.7. The molecule has 0 aromatic rings. The molecule has 0 aliphatic heterocycles. The average molecular weight is 1080 g/mol. The summed E-state index contributed by atoms with van der Waals surface area (Å²) in [6.07, 6.45) is 74.0. The molecule has 0 radical (unpaired) electrons. The Morgan fingerprint density at radius 2 is 0.693 bits per heavy atom. The lowest BCUT2D eigenvalue weighted by Crippen LogP contribution is -2.29. The number of phosphoric acid groups is 1. The molecule has 3 N–H and O–H groups in total. The summed E-state index contributed by atoms with van der Waals surface area (Å²) >= 11 is 0. The first-order valence-electron chi connectivity index (χ1n) is 32.8. The van der Waals surface area contributed by atoms with Crippen LogP contribution < -0.4 is 5.73 Å². The van der Waals surface area contributed by atoms with Crippen molar-refractivity contribution in [1.29, 1.82) is 0 Å². The summed E-state index contributed by atoms with van der Waals surface area (Å²) in [5.41, 5.74) is 5.39.